The van der Waals surface area contributed by atoms with Crippen LogP contribution in [0.15, 0.2) is 60.2 Å². The quantitative estimate of drug-likeness (QED) is 0.629. The fraction of sp³-hybridized carbons (Fsp3) is 0.0556. The molecule has 0 saturated carbocycles. The van der Waals surface area contributed by atoms with Gasteiger partial charge in [-0.2, -0.15) is 5.26 Å². The minimum absolute atomic E-state index is 0.0435. The molecule has 1 amide bonds. The van der Waals surface area contributed by atoms with Gasteiger partial charge in [-0.3, -0.25) is 4.79 Å². The Kier molecular flexibility index (Phi) is 5.70. The zero-order chi connectivity index (χ0) is 17.4. The summed E-state index contributed by atoms with van der Waals surface area (Å²) in [6.07, 6.45) is 1.44. The number of para-hydroxylation sites is 1. The summed E-state index contributed by atoms with van der Waals surface area (Å²) in [6, 6.07) is 17.1. The number of ether oxygens (including phenoxy) is 1. The van der Waals surface area contributed by atoms with E-state index in [-0.39, 0.29) is 5.57 Å². The average molecular weight is 322 g/mol. The van der Waals surface area contributed by atoms with Crippen molar-refractivity contribution in [2.75, 3.05) is 11.9 Å². The summed E-state index contributed by atoms with van der Waals surface area (Å²) >= 11 is 0. The van der Waals surface area contributed by atoms with E-state index in [0.717, 1.165) is 0 Å². The topological polar surface area (TPSA) is 99.4 Å². The lowest BCUT2D eigenvalue weighted by Gasteiger charge is -2.05. The Morgan fingerprint density at radius 2 is 1.79 bits per heavy atom. The summed E-state index contributed by atoms with van der Waals surface area (Å²) < 4.78 is 5.02. The lowest BCUT2D eigenvalue weighted by molar-refractivity contribution is -0.139. The standard InChI is InChI=1S/C18H14N2O4/c19-11-14(18(23)20-15-4-2-1-3-5-15)10-13-6-8-16(9-7-13)24-12-17(21)22/h1-10H,12H2,(H,20,23)(H,21,22)/b14-10-. The maximum absolute atomic E-state index is 12.1. The van der Waals surface area contributed by atoms with Gasteiger partial charge in [0.05, 0.1) is 0 Å². The SMILES string of the molecule is N#C/C(=C/c1ccc(OCC(=O)O)cc1)C(=O)Nc1ccccc1. The third-order valence-electron chi connectivity index (χ3n) is 2.95. The molecule has 0 aliphatic heterocycles. The molecule has 0 radical (unpaired) electrons. The number of amides is 1. The van der Waals surface area contributed by atoms with Crippen LogP contribution in [-0.4, -0.2) is 23.6 Å². The first kappa shape index (κ1) is 16.8. The first-order valence-corrected chi connectivity index (χ1v) is 7.01. The number of nitrogens with zero attached hydrogens (tertiary/aromatic N) is 1. The predicted octanol–water partition coefficient (Wildman–Crippen LogP) is 2.70. The zero-order valence-corrected chi connectivity index (χ0v) is 12.6. The number of carboxylic acid groups (broad SMARTS) is 1. The number of rotatable bonds is 6. The van der Waals surface area contributed by atoms with Gasteiger partial charge in [0.1, 0.15) is 17.4 Å². The van der Waals surface area contributed by atoms with E-state index < -0.39 is 18.5 Å². The third kappa shape index (κ3) is 5.00. The number of hydrogen-bond donors (Lipinski definition) is 2. The molecule has 0 bridgehead atoms. The monoisotopic (exact) mass is 322 g/mol. The van der Waals surface area contributed by atoms with Gasteiger partial charge in [-0.15, -0.1) is 0 Å². The smallest absolute Gasteiger partial charge is 0.341 e. The number of nitrogens with one attached hydrogen (secondary N) is 1. The maximum Gasteiger partial charge on any atom is 0.341 e. The van der Waals surface area contributed by atoms with Crippen molar-refractivity contribution in [3.05, 3.63) is 65.7 Å². The second-order valence-corrected chi connectivity index (χ2v) is 4.74. The number of nitriles is 1. The molecule has 0 spiro atoms. The highest BCUT2D eigenvalue weighted by atomic mass is 16.5. The maximum atomic E-state index is 12.1. The van der Waals surface area contributed by atoms with Crippen LogP contribution in [-0.2, 0) is 9.59 Å². The van der Waals surface area contributed by atoms with Gasteiger partial charge in [-0.25, -0.2) is 4.79 Å². The molecule has 0 aromatic heterocycles. The van der Waals surface area contributed by atoms with Gasteiger partial charge in [0.25, 0.3) is 5.91 Å². The first-order valence-electron chi connectivity index (χ1n) is 7.01. The van der Waals surface area contributed by atoms with Crippen LogP contribution >= 0.6 is 0 Å². The van der Waals surface area contributed by atoms with E-state index in [0.29, 0.717) is 17.0 Å². The van der Waals surface area contributed by atoms with Gasteiger partial charge in [-0.1, -0.05) is 30.3 Å². The highest BCUT2D eigenvalue weighted by molar-refractivity contribution is 6.09. The molecule has 0 heterocycles. The largest absolute Gasteiger partial charge is 0.482 e. The molecule has 120 valence electrons. The van der Waals surface area contributed by atoms with Crippen molar-refractivity contribution in [3.63, 3.8) is 0 Å². The van der Waals surface area contributed by atoms with Crippen molar-refractivity contribution in [2.45, 2.75) is 0 Å². The van der Waals surface area contributed by atoms with Crippen LogP contribution in [0, 0.1) is 11.3 Å². The Labute approximate surface area is 138 Å². The van der Waals surface area contributed by atoms with E-state index in [9.17, 15) is 9.59 Å². The summed E-state index contributed by atoms with van der Waals surface area (Å²) in [4.78, 5) is 22.5. The lowest BCUT2D eigenvalue weighted by Crippen LogP contribution is -2.13. The Bertz CT molecular complexity index is 790. The van der Waals surface area contributed by atoms with E-state index in [2.05, 4.69) is 5.32 Å². The molecule has 0 saturated heterocycles. The fourth-order valence-electron chi connectivity index (χ4n) is 1.84. The Balaban J connectivity index is 2.08. The number of aliphatic carboxylic acids is 1. The second kappa shape index (κ2) is 8.15. The van der Waals surface area contributed by atoms with Crippen molar-refractivity contribution in [3.8, 4) is 11.8 Å². The number of carbonyl (C=O) groups is 2. The highest BCUT2D eigenvalue weighted by Gasteiger charge is 2.09. The van der Waals surface area contributed by atoms with Crippen LogP contribution < -0.4 is 10.1 Å². The number of carboxylic acids is 1. The number of carbonyl (C=O) groups excluding carboxylic acids is 1. The van der Waals surface area contributed by atoms with Crippen molar-refractivity contribution < 1.29 is 19.4 Å². The number of anilines is 1. The molecule has 0 fully saturated rings. The molecular weight excluding hydrogens is 308 g/mol. The van der Waals surface area contributed by atoms with Crippen molar-refractivity contribution >= 4 is 23.6 Å². The first-order chi connectivity index (χ1) is 11.6. The van der Waals surface area contributed by atoms with Crippen LogP contribution in [0.25, 0.3) is 6.08 Å². The Morgan fingerprint density at radius 1 is 1.12 bits per heavy atom. The average Bonchev–Trinajstić information content (AvgIpc) is 2.59. The van der Waals surface area contributed by atoms with E-state index in [1.54, 1.807) is 48.5 Å². The summed E-state index contributed by atoms with van der Waals surface area (Å²) in [6.45, 7) is -0.432. The van der Waals surface area contributed by atoms with Crippen LogP contribution in [0.4, 0.5) is 5.69 Å². The van der Waals surface area contributed by atoms with E-state index in [1.165, 1.54) is 6.08 Å². The summed E-state index contributed by atoms with van der Waals surface area (Å²) in [5.74, 6) is -1.18. The van der Waals surface area contributed by atoms with Crippen LogP contribution in [0.5, 0.6) is 5.75 Å². The summed E-state index contributed by atoms with van der Waals surface area (Å²) in [5.41, 5.74) is 1.18. The minimum atomic E-state index is -1.07. The molecule has 6 heteroatoms. The molecule has 0 aliphatic carbocycles. The third-order valence-corrected chi connectivity index (χ3v) is 2.95. The Hall–Kier alpha value is -3.59. The van der Waals surface area contributed by atoms with Gasteiger partial charge in [0.2, 0.25) is 0 Å². The van der Waals surface area contributed by atoms with E-state index in [1.807, 2.05) is 12.1 Å². The molecule has 2 aromatic carbocycles. The normalized spacial score (nSPS) is 10.5. The van der Waals surface area contributed by atoms with Gasteiger partial charge in [0, 0.05) is 5.69 Å². The molecule has 2 rings (SSSR count). The van der Waals surface area contributed by atoms with Crippen LogP contribution in [0.2, 0.25) is 0 Å². The summed E-state index contributed by atoms with van der Waals surface area (Å²) in [5, 5.41) is 20.4. The summed E-state index contributed by atoms with van der Waals surface area (Å²) in [7, 11) is 0. The lowest BCUT2D eigenvalue weighted by atomic mass is 10.1. The van der Waals surface area contributed by atoms with Gasteiger partial charge in [-0.05, 0) is 35.9 Å². The number of benzene rings is 2. The number of hydrogen-bond acceptors (Lipinski definition) is 4. The molecular formula is C18H14N2O4. The second-order valence-electron chi connectivity index (χ2n) is 4.74. The van der Waals surface area contributed by atoms with Crippen molar-refractivity contribution in [1.29, 1.82) is 5.26 Å². The molecule has 0 aliphatic rings. The van der Waals surface area contributed by atoms with Gasteiger partial charge < -0.3 is 15.2 Å². The minimum Gasteiger partial charge on any atom is -0.482 e. The molecule has 6 nitrogen and oxygen atoms in total. The van der Waals surface area contributed by atoms with E-state index in [4.69, 9.17) is 15.1 Å². The molecule has 0 unspecified atom stereocenters. The zero-order valence-electron chi connectivity index (χ0n) is 12.6. The molecule has 2 N–H and O–H groups in total. The molecule has 24 heavy (non-hydrogen) atoms. The molecule has 0 atom stereocenters. The van der Waals surface area contributed by atoms with Crippen LogP contribution in [0.1, 0.15) is 5.56 Å². The van der Waals surface area contributed by atoms with Crippen molar-refractivity contribution in [1.82, 2.24) is 0 Å². The highest BCUT2D eigenvalue weighted by Crippen LogP contribution is 2.15. The fourth-order valence-corrected chi connectivity index (χ4v) is 1.84. The van der Waals surface area contributed by atoms with Crippen LogP contribution in [0.3, 0.4) is 0 Å². The Morgan fingerprint density at radius 3 is 2.38 bits per heavy atom. The van der Waals surface area contributed by atoms with E-state index >= 15 is 0 Å². The van der Waals surface area contributed by atoms with Gasteiger partial charge in [0.15, 0.2) is 6.61 Å². The molecule has 2 aromatic rings. The van der Waals surface area contributed by atoms with Crippen molar-refractivity contribution in [2.24, 2.45) is 0 Å². The van der Waals surface area contributed by atoms with Gasteiger partial charge >= 0.3 is 5.97 Å². The predicted molar refractivity (Wildman–Crippen MR) is 88.2 cm³/mol.